The van der Waals surface area contributed by atoms with Gasteiger partial charge in [0.15, 0.2) is 15.0 Å². The third kappa shape index (κ3) is 6.55. The van der Waals surface area contributed by atoms with Gasteiger partial charge in [-0.25, -0.2) is 21.8 Å². The van der Waals surface area contributed by atoms with Gasteiger partial charge in [0.1, 0.15) is 0 Å². The van der Waals surface area contributed by atoms with Crippen LogP contribution in [0.1, 0.15) is 36.0 Å². The highest BCUT2D eigenvalue weighted by atomic mass is 32.2. The van der Waals surface area contributed by atoms with Crippen molar-refractivity contribution in [2.45, 2.75) is 35.5 Å². The minimum absolute atomic E-state index is 0.180. The maximum atomic E-state index is 13.8. The second-order valence-corrected chi connectivity index (χ2v) is 15.1. The number of aromatic nitrogens is 1. The molecule has 5 rings (SSSR count). The van der Waals surface area contributed by atoms with Gasteiger partial charge in [-0.15, -0.1) is 0 Å². The zero-order chi connectivity index (χ0) is 28.3. The van der Waals surface area contributed by atoms with Gasteiger partial charge in [0.2, 0.25) is 10.0 Å². The van der Waals surface area contributed by atoms with E-state index in [-0.39, 0.29) is 15.7 Å². The number of rotatable bonds is 8. The predicted molar refractivity (Wildman–Crippen MR) is 155 cm³/mol. The number of amides is 1. The number of hydrogen-bond acceptors (Lipinski definition) is 9. The van der Waals surface area contributed by atoms with E-state index in [1.54, 1.807) is 29.2 Å². The molecule has 2 saturated heterocycles. The van der Waals surface area contributed by atoms with Gasteiger partial charge in [0.05, 0.1) is 33.2 Å². The predicted octanol–water partition coefficient (Wildman–Crippen LogP) is 3.24. The first-order chi connectivity index (χ1) is 19.1. The molecule has 10 nitrogen and oxygen atoms in total. The maximum Gasteiger partial charge on any atom is 0.260 e. The number of carbonyl (C=O) groups excluding carboxylic acids is 1. The second-order valence-electron chi connectivity index (χ2n) is 10.2. The Morgan fingerprint density at radius 1 is 0.925 bits per heavy atom. The van der Waals surface area contributed by atoms with Crippen LogP contribution in [-0.4, -0.2) is 95.7 Å². The first kappa shape index (κ1) is 29.1. The zero-order valence-electron chi connectivity index (χ0n) is 22.5. The van der Waals surface area contributed by atoms with Crippen LogP contribution in [0.2, 0.25) is 0 Å². The Labute approximate surface area is 239 Å². The number of nitrogens with zero attached hydrogens (tertiary/aromatic N) is 4. The Morgan fingerprint density at radius 2 is 1.57 bits per heavy atom. The van der Waals surface area contributed by atoms with Gasteiger partial charge in [0.25, 0.3) is 5.91 Å². The Balaban J connectivity index is 1.42. The molecule has 40 heavy (non-hydrogen) atoms. The number of carbonyl (C=O) groups is 1. The zero-order valence-corrected chi connectivity index (χ0v) is 24.9. The molecule has 1 amide bonds. The van der Waals surface area contributed by atoms with Gasteiger partial charge < -0.3 is 4.74 Å². The van der Waals surface area contributed by atoms with Crippen molar-refractivity contribution < 1.29 is 26.4 Å². The minimum Gasteiger partial charge on any atom is -0.379 e. The Hall–Kier alpha value is -2.42. The molecular weight excluding hydrogens is 573 g/mol. The Bertz CT molecular complexity index is 1560. The van der Waals surface area contributed by atoms with E-state index in [9.17, 15) is 21.6 Å². The van der Waals surface area contributed by atoms with E-state index in [1.165, 1.54) is 33.8 Å². The van der Waals surface area contributed by atoms with Crippen LogP contribution in [0.5, 0.6) is 0 Å². The van der Waals surface area contributed by atoms with E-state index in [0.29, 0.717) is 60.3 Å². The van der Waals surface area contributed by atoms with Crippen molar-refractivity contribution in [1.29, 1.82) is 0 Å². The van der Waals surface area contributed by atoms with Crippen molar-refractivity contribution >= 4 is 52.5 Å². The molecule has 3 heterocycles. The molecule has 2 fully saturated rings. The second kappa shape index (κ2) is 12.2. The summed E-state index contributed by atoms with van der Waals surface area (Å²) < 4.78 is 58.2. The average molecular weight is 607 g/mol. The number of morpholine rings is 1. The molecule has 0 N–H and O–H groups in total. The number of ether oxygens (including phenoxy) is 1. The summed E-state index contributed by atoms with van der Waals surface area (Å²) >= 11 is 1.26. The first-order valence-electron chi connectivity index (χ1n) is 13.5. The number of sulfone groups is 1. The largest absolute Gasteiger partial charge is 0.379 e. The van der Waals surface area contributed by atoms with E-state index in [1.807, 2.05) is 0 Å². The van der Waals surface area contributed by atoms with Crippen LogP contribution in [0.4, 0.5) is 5.13 Å². The van der Waals surface area contributed by atoms with Crippen LogP contribution in [0.3, 0.4) is 0 Å². The molecule has 0 aliphatic carbocycles. The lowest BCUT2D eigenvalue weighted by atomic mass is 10.2. The molecule has 0 bridgehead atoms. The van der Waals surface area contributed by atoms with E-state index >= 15 is 0 Å². The number of fused-ring (bicyclic) bond motifs is 1. The number of anilines is 1. The molecule has 1 aromatic heterocycles. The number of thiazole rings is 1. The fourth-order valence-electron chi connectivity index (χ4n) is 4.95. The molecular formula is C27H34N4O6S3. The number of sulfonamides is 1. The van der Waals surface area contributed by atoms with Crippen LogP contribution in [-0.2, 0) is 24.6 Å². The molecule has 2 aliphatic rings. The topological polar surface area (TPSA) is 117 Å². The van der Waals surface area contributed by atoms with E-state index < -0.39 is 19.9 Å². The van der Waals surface area contributed by atoms with Crippen LogP contribution < -0.4 is 4.90 Å². The van der Waals surface area contributed by atoms with Crippen LogP contribution in [0.25, 0.3) is 10.2 Å². The summed E-state index contributed by atoms with van der Waals surface area (Å²) in [6.07, 6.45) is 4.91. The maximum absolute atomic E-state index is 13.8. The van der Waals surface area contributed by atoms with Crippen molar-refractivity contribution in [2.24, 2.45) is 0 Å². The lowest BCUT2D eigenvalue weighted by Gasteiger charge is -2.29. The molecule has 0 unspecified atom stereocenters. The van der Waals surface area contributed by atoms with Gasteiger partial charge in [-0.1, -0.05) is 24.2 Å². The smallest absolute Gasteiger partial charge is 0.260 e. The first-order valence-corrected chi connectivity index (χ1v) is 17.6. The molecule has 0 saturated carbocycles. The SMILES string of the molecule is CS(=O)(=O)c1ccc2nc(N(CCN3CCOCC3)C(=O)c3ccc(S(=O)(=O)N4CCCCCC4)cc3)sc2c1. The van der Waals surface area contributed by atoms with Crippen LogP contribution >= 0.6 is 11.3 Å². The molecule has 0 spiro atoms. The highest BCUT2D eigenvalue weighted by Crippen LogP contribution is 2.32. The number of benzene rings is 2. The van der Waals surface area contributed by atoms with Gasteiger partial charge >= 0.3 is 0 Å². The molecule has 0 radical (unpaired) electrons. The van der Waals surface area contributed by atoms with E-state index in [0.717, 1.165) is 45.0 Å². The molecule has 0 atom stereocenters. The summed E-state index contributed by atoms with van der Waals surface area (Å²) in [4.78, 5) is 22.7. The summed E-state index contributed by atoms with van der Waals surface area (Å²) in [5.41, 5.74) is 0.961. The van der Waals surface area contributed by atoms with E-state index in [4.69, 9.17) is 4.74 Å². The molecule has 2 aliphatic heterocycles. The Morgan fingerprint density at radius 3 is 2.23 bits per heavy atom. The van der Waals surface area contributed by atoms with Crippen molar-refractivity contribution in [3.63, 3.8) is 0 Å². The highest BCUT2D eigenvalue weighted by molar-refractivity contribution is 7.90. The highest BCUT2D eigenvalue weighted by Gasteiger charge is 2.27. The van der Waals surface area contributed by atoms with Crippen molar-refractivity contribution in [3.05, 3.63) is 48.0 Å². The minimum atomic E-state index is -3.63. The van der Waals surface area contributed by atoms with Crippen molar-refractivity contribution in [1.82, 2.24) is 14.2 Å². The van der Waals surface area contributed by atoms with Gasteiger partial charge in [-0.2, -0.15) is 4.31 Å². The monoisotopic (exact) mass is 606 g/mol. The lowest BCUT2D eigenvalue weighted by molar-refractivity contribution is 0.0391. The van der Waals surface area contributed by atoms with Crippen LogP contribution in [0.15, 0.2) is 52.3 Å². The molecule has 2 aromatic carbocycles. The lowest BCUT2D eigenvalue weighted by Crippen LogP contribution is -2.43. The molecule has 216 valence electrons. The van der Waals surface area contributed by atoms with Gasteiger partial charge in [0, 0.05) is 51.1 Å². The summed E-state index contributed by atoms with van der Waals surface area (Å²) in [6.45, 7) is 4.80. The summed E-state index contributed by atoms with van der Waals surface area (Å²) in [5, 5.41) is 0.458. The van der Waals surface area contributed by atoms with Crippen LogP contribution in [0, 0.1) is 0 Å². The fraction of sp³-hybridized carbons (Fsp3) is 0.481. The van der Waals surface area contributed by atoms with E-state index in [2.05, 4.69) is 9.88 Å². The fourth-order valence-corrected chi connectivity index (χ4v) is 8.21. The third-order valence-corrected chi connectivity index (χ3v) is 11.4. The molecule has 3 aromatic rings. The van der Waals surface area contributed by atoms with Crippen molar-refractivity contribution in [2.75, 3.05) is 63.6 Å². The normalized spacial score (nSPS) is 18.0. The summed E-state index contributed by atoms with van der Waals surface area (Å²) in [5.74, 6) is -0.297. The average Bonchev–Trinajstić information content (AvgIpc) is 3.16. The summed E-state index contributed by atoms with van der Waals surface area (Å²) in [7, 11) is -7.02. The summed E-state index contributed by atoms with van der Waals surface area (Å²) in [6, 6.07) is 10.9. The standard InChI is InChI=1S/C27H34N4O6S3/c1-39(33,34)23-10-11-24-25(20-23)38-27(28-24)31(15-14-29-16-18-37-19-17-29)26(32)21-6-8-22(9-7-21)40(35,36)30-12-4-2-3-5-13-30/h6-11,20H,2-5,12-19H2,1H3. The molecule has 13 heteroatoms. The van der Waals surface area contributed by atoms with Crippen molar-refractivity contribution in [3.8, 4) is 0 Å². The third-order valence-electron chi connectivity index (χ3n) is 7.30. The number of hydrogen-bond donors (Lipinski definition) is 0. The Kier molecular flexibility index (Phi) is 8.88. The van der Waals surface area contributed by atoms with Gasteiger partial charge in [-0.3, -0.25) is 14.6 Å². The quantitative estimate of drug-likeness (QED) is 0.384. The van der Waals surface area contributed by atoms with Gasteiger partial charge in [-0.05, 0) is 55.3 Å².